The third kappa shape index (κ3) is 14.2. The number of benzene rings is 7. The Morgan fingerprint density at radius 2 is 0.968 bits per heavy atom. The van der Waals surface area contributed by atoms with E-state index in [1.165, 1.54) is 0 Å². The molecule has 0 unspecified atom stereocenters. The van der Waals surface area contributed by atoms with Gasteiger partial charge in [-0.05, 0) is 151 Å². The molecule has 0 saturated carbocycles. The number of anilines is 3. The van der Waals surface area contributed by atoms with Crippen molar-refractivity contribution in [2.75, 3.05) is 29.0 Å². The van der Waals surface area contributed by atoms with Crippen LogP contribution < -0.4 is 16.0 Å². The quantitative estimate of drug-likeness (QED) is 0.0923. The Morgan fingerprint density at radius 1 is 0.468 bits per heavy atom. The van der Waals surface area contributed by atoms with Crippen molar-refractivity contribution >= 4 is 45.9 Å². The minimum Gasteiger partial charge on any atom is -0.355 e. The number of carbonyl (C=O) groups excluding carboxylic acids is 3. The highest BCUT2D eigenvalue weighted by Crippen LogP contribution is 2.36. The number of carbonyl (C=O) groups is 3. The second kappa shape index (κ2) is 28.8. The zero-order chi connectivity index (χ0) is 65.1. The minimum atomic E-state index is -0.176. The van der Waals surface area contributed by atoms with Gasteiger partial charge in [0, 0.05) is 129 Å². The van der Waals surface area contributed by atoms with Crippen LogP contribution in [0.25, 0.3) is 78.6 Å². The number of hydrogen-bond donors (Lipinski definition) is 4. The first kappa shape index (κ1) is 62.7. The fourth-order valence-electron chi connectivity index (χ4n) is 12.0. The fraction of sp³-hybridized carbons (Fsp3) is 0.177. The molecule has 7 heterocycles. The van der Waals surface area contributed by atoms with Gasteiger partial charge in [0.1, 0.15) is 0 Å². The van der Waals surface area contributed by atoms with Crippen LogP contribution in [0.15, 0.2) is 219 Å². The Hall–Kier alpha value is -11.5. The summed E-state index contributed by atoms with van der Waals surface area (Å²) in [5, 5.41) is 10.4. The first-order valence-electron chi connectivity index (χ1n) is 32.2. The third-order valence-corrected chi connectivity index (χ3v) is 17.0. The molecule has 2 aliphatic rings. The predicted octanol–water partition coefficient (Wildman–Crippen LogP) is 17.4. The molecule has 4 N–H and O–H groups in total. The van der Waals surface area contributed by atoms with Crippen LogP contribution in [0.4, 0.5) is 26.7 Å². The van der Waals surface area contributed by atoms with E-state index in [1.54, 1.807) is 24.8 Å². The Bertz CT molecular complexity index is 4660. The first-order valence-corrected chi connectivity index (χ1v) is 32.2. The number of nitrogens with zero attached hydrogens (tertiary/aromatic N) is 8. The summed E-state index contributed by atoms with van der Waals surface area (Å²) >= 11 is 0. The summed E-state index contributed by atoms with van der Waals surface area (Å²) in [6, 6.07) is 63.6. The Balaban J connectivity index is 0.000000177. The lowest BCUT2D eigenvalue weighted by atomic mass is 9.96. The van der Waals surface area contributed by atoms with Crippen molar-refractivity contribution in [3.8, 4) is 67.7 Å². The van der Waals surface area contributed by atoms with Crippen molar-refractivity contribution in [3.63, 3.8) is 0 Å². The number of aromatic amines is 1. The molecule has 2 aliphatic heterocycles. The number of amides is 5. The van der Waals surface area contributed by atoms with E-state index in [0.717, 1.165) is 142 Å². The summed E-state index contributed by atoms with van der Waals surface area (Å²) in [5.74, 6) is 1.13. The molecule has 94 heavy (non-hydrogen) atoms. The van der Waals surface area contributed by atoms with E-state index in [4.69, 9.17) is 19.9 Å². The topological polar surface area (TPSA) is 187 Å². The van der Waals surface area contributed by atoms with Gasteiger partial charge in [0.25, 0.3) is 5.91 Å². The molecule has 0 atom stereocenters. The molecule has 12 aromatic rings. The van der Waals surface area contributed by atoms with E-state index in [-0.39, 0.29) is 18.0 Å². The van der Waals surface area contributed by atoms with Crippen molar-refractivity contribution in [2.45, 2.75) is 80.3 Å². The van der Waals surface area contributed by atoms with E-state index in [2.05, 4.69) is 119 Å². The van der Waals surface area contributed by atoms with E-state index >= 15 is 0 Å². The van der Waals surface area contributed by atoms with Crippen molar-refractivity contribution in [2.24, 2.45) is 0 Å². The van der Waals surface area contributed by atoms with E-state index in [1.807, 2.05) is 157 Å². The molecule has 0 radical (unpaired) electrons. The second-order valence-electron chi connectivity index (χ2n) is 23.2. The molecule has 15 nitrogen and oxygen atoms in total. The maximum Gasteiger partial charge on any atom is 0.322 e. The molecule has 7 aromatic carbocycles. The lowest BCUT2D eigenvalue weighted by Crippen LogP contribution is -2.39. The molecule has 5 aromatic heterocycles. The number of rotatable bonds is 12. The average molecular weight is 1240 g/mol. The van der Waals surface area contributed by atoms with Crippen LogP contribution >= 0.6 is 0 Å². The SMILES string of the molecule is CC.CCc1cc(NC(=O)N2CCc3nc(-c4cccnc4)nc(-c4ccccc4C)c3C2)cc(-c2cc3ccccc3[nH]2)c1.CCc1cc(NC(=O)N2CCc3nc(-c4cccnc4)nc(-c4ccccc4C)c3C2)cc(-c2ccc(C(=O)Nc3ccccc3)cc2)c1. The molecule has 15 heteroatoms. The highest BCUT2D eigenvalue weighted by Gasteiger charge is 2.29. The average Bonchev–Trinajstić information content (AvgIpc) is 0.966. The van der Waals surface area contributed by atoms with E-state index < -0.39 is 0 Å². The van der Waals surface area contributed by atoms with Crippen LogP contribution in [-0.4, -0.2) is 75.7 Å². The van der Waals surface area contributed by atoms with Gasteiger partial charge in [0.2, 0.25) is 0 Å². The molecule has 0 saturated heterocycles. The van der Waals surface area contributed by atoms with Gasteiger partial charge in [0.15, 0.2) is 11.6 Å². The van der Waals surface area contributed by atoms with Gasteiger partial charge in [-0.2, -0.15) is 0 Å². The minimum absolute atomic E-state index is 0.131. The van der Waals surface area contributed by atoms with Gasteiger partial charge >= 0.3 is 12.1 Å². The van der Waals surface area contributed by atoms with Crippen molar-refractivity contribution in [1.82, 2.24) is 44.7 Å². The van der Waals surface area contributed by atoms with Crippen LogP contribution in [-0.2, 0) is 38.8 Å². The van der Waals surface area contributed by atoms with Crippen LogP contribution in [0.2, 0.25) is 0 Å². The lowest BCUT2D eigenvalue weighted by molar-refractivity contribution is 0.102. The first-order chi connectivity index (χ1) is 46.0. The molecule has 468 valence electrons. The molecule has 0 bridgehead atoms. The predicted molar refractivity (Wildman–Crippen MR) is 377 cm³/mol. The molecular formula is C79H74N12O3. The number of fused-ring (bicyclic) bond motifs is 3. The number of para-hydroxylation sites is 2. The van der Waals surface area contributed by atoms with Gasteiger partial charge in [-0.15, -0.1) is 0 Å². The number of aromatic nitrogens is 7. The summed E-state index contributed by atoms with van der Waals surface area (Å²) in [7, 11) is 0. The summed E-state index contributed by atoms with van der Waals surface area (Å²) in [6.07, 6.45) is 9.99. The van der Waals surface area contributed by atoms with Gasteiger partial charge < -0.3 is 30.7 Å². The van der Waals surface area contributed by atoms with Crippen LogP contribution in [0.5, 0.6) is 0 Å². The van der Waals surface area contributed by atoms with Gasteiger partial charge in [0.05, 0.1) is 35.9 Å². The van der Waals surface area contributed by atoms with Crippen LogP contribution in [0.1, 0.15) is 82.8 Å². The Kier molecular flexibility index (Phi) is 19.2. The number of pyridine rings is 2. The smallest absolute Gasteiger partial charge is 0.322 e. The van der Waals surface area contributed by atoms with Crippen molar-refractivity contribution < 1.29 is 14.4 Å². The number of H-pyrrole nitrogens is 1. The molecule has 0 aliphatic carbocycles. The summed E-state index contributed by atoms with van der Waals surface area (Å²) in [5.41, 5.74) is 21.8. The summed E-state index contributed by atoms with van der Waals surface area (Å²) in [6.45, 7) is 14.3. The van der Waals surface area contributed by atoms with Crippen molar-refractivity contribution in [3.05, 3.63) is 269 Å². The van der Waals surface area contributed by atoms with E-state index in [0.29, 0.717) is 56.2 Å². The van der Waals surface area contributed by atoms with Gasteiger partial charge in [-0.1, -0.05) is 131 Å². The maximum atomic E-state index is 13.8. The lowest BCUT2D eigenvalue weighted by Gasteiger charge is -2.30. The Morgan fingerprint density at radius 3 is 1.48 bits per heavy atom. The van der Waals surface area contributed by atoms with Gasteiger partial charge in [-0.25, -0.2) is 29.5 Å². The van der Waals surface area contributed by atoms with E-state index in [9.17, 15) is 14.4 Å². The number of urea groups is 2. The second-order valence-corrected chi connectivity index (χ2v) is 23.2. The number of nitrogens with one attached hydrogen (secondary N) is 4. The summed E-state index contributed by atoms with van der Waals surface area (Å²) in [4.78, 5) is 76.1. The molecule has 0 fully saturated rings. The standard InChI is InChI=1S/C41H36N6O2.C36H32N6O.C2H6/c1-3-28-22-32(29-15-17-30(18-16-29)40(48)43-33-12-5-4-6-13-33)24-34(23-28)44-41(49)47-21-19-37-36(26-47)38(35-14-8-7-10-27(35)2)46-39(45-37)31-11-9-20-42-25-31;1-3-24-17-27(33-20-25-10-5-7-13-31(25)39-33)19-28(18-24)38-36(43)42-16-14-32-30(22-42)34(29-12-6-4-9-23(29)2)41-35(40-32)26-11-8-15-37-21-26;1-2/h4-18,20,22-25H,3,19,21,26H2,1-2H3,(H,43,48)(H,44,49);4-13,15,17-21,39H,3,14,16,22H2,1-2H3,(H,38,43);1-2H3. The molecule has 0 spiro atoms. The van der Waals surface area contributed by atoms with Crippen LogP contribution in [0.3, 0.4) is 0 Å². The highest BCUT2D eigenvalue weighted by atomic mass is 16.2. The monoisotopic (exact) mass is 1240 g/mol. The van der Waals surface area contributed by atoms with Gasteiger partial charge in [-0.3, -0.25) is 14.8 Å². The zero-order valence-electron chi connectivity index (χ0n) is 53.7. The molecule has 5 amide bonds. The molecule has 14 rings (SSSR count). The Labute approximate surface area is 548 Å². The normalized spacial score (nSPS) is 12.3. The highest BCUT2D eigenvalue weighted by molar-refractivity contribution is 6.04. The van der Waals surface area contributed by atoms with Crippen LogP contribution in [0, 0.1) is 13.8 Å². The third-order valence-electron chi connectivity index (χ3n) is 17.0. The maximum absolute atomic E-state index is 13.8. The number of aryl methyl sites for hydroxylation is 4. The largest absolute Gasteiger partial charge is 0.355 e. The van der Waals surface area contributed by atoms with Crippen molar-refractivity contribution in [1.29, 1.82) is 0 Å². The molecular weight excluding hydrogens is 1160 g/mol. The fourth-order valence-corrected chi connectivity index (χ4v) is 12.0. The number of hydrogen-bond acceptors (Lipinski definition) is 9. The summed E-state index contributed by atoms with van der Waals surface area (Å²) < 4.78 is 0. The zero-order valence-corrected chi connectivity index (χ0v) is 53.7.